The quantitative estimate of drug-likeness (QED) is 0.159. The summed E-state index contributed by atoms with van der Waals surface area (Å²) in [6, 6.07) is 84.2. The van der Waals surface area contributed by atoms with E-state index in [9.17, 15) is 0 Å². The first-order valence-electron chi connectivity index (χ1n) is 19.7. The Balaban J connectivity index is 1.21. The molecule has 0 aliphatic heterocycles. The lowest BCUT2D eigenvalue weighted by molar-refractivity contribution is 0.768. The number of rotatable bonds is 7. The van der Waals surface area contributed by atoms with Gasteiger partial charge in [-0.2, -0.15) is 0 Å². The van der Waals surface area contributed by atoms with E-state index in [1.54, 1.807) is 0 Å². The predicted molar refractivity (Wildman–Crippen MR) is 238 cm³/mol. The van der Waals surface area contributed by atoms with Gasteiger partial charge in [0.05, 0.1) is 22.1 Å². The van der Waals surface area contributed by atoms with E-state index in [0.717, 1.165) is 22.7 Å². The fourth-order valence-corrected chi connectivity index (χ4v) is 9.50. The summed E-state index contributed by atoms with van der Waals surface area (Å²) >= 11 is 0. The number of hydrogen-bond acceptors (Lipinski definition) is 1. The van der Waals surface area contributed by atoms with Crippen LogP contribution in [0.4, 0.5) is 17.1 Å². The van der Waals surface area contributed by atoms with Gasteiger partial charge in [0.2, 0.25) is 0 Å². The molecule has 10 aromatic rings. The highest BCUT2D eigenvalue weighted by Crippen LogP contribution is 2.57. The Labute approximate surface area is 333 Å². The third kappa shape index (κ3) is 5.11. The van der Waals surface area contributed by atoms with Crippen molar-refractivity contribution in [2.45, 2.75) is 5.41 Å². The molecule has 11 rings (SSSR count). The molecule has 0 saturated carbocycles. The van der Waals surface area contributed by atoms with Crippen LogP contribution in [0.25, 0.3) is 49.7 Å². The molecule has 268 valence electrons. The van der Waals surface area contributed by atoms with Gasteiger partial charge in [-0.15, -0.1) is 0 Å². The molecule has 57 heavy (non-hydrogen) atoms. The fourth-order valence-electron chi connectivity index (χ4n) is 9.50. The van der Waals surface area contributed by atoms with Gasteiger partial charge >= 0.3 is 0 Å². The highest BCUT2D eigenvalue weighted by atomic mass is 15.1. The molecular formula is C55H38N2. The van der Waals surface area contributed by atoms with Crippen molar-refractivity contribution in [3.8, 4) is 27.9 Å². The van der Waals surface area contributed by atoms with E-state index in [0.29, 0.717) is 0 Å². The third-order valence-electron chi connectivity index (χ3n) is 11.8. The molecule has 0 fully saturated rings. The SMILES string of the molecule is c1ccc(-c2cccc(N(c3ccc4c(c3)-c3ccccc3C4(c3ccccc3)c3ccccc3)c3cccc4c3c3ccccc3n4-c3ccccc3)c2)cc1. The highest BCUT2D eigenvalue weighted by molar-refractivity contribution is 6.16. The second kappa shape index (κ2) is 13.4. The maximum absolute atomic E-state index is 2.48. The van der Waals surface area contributed by atoms with E-state index < -0.39 is 5.41 Å². The zero-order valence-corrected chi connectivity index (χ0v) is 31.3. The maximum atomic E-state index is 2.48. The fraction of sp³-hybridized carbons (Fsp3) is 0.0182. The van der Waals surface area contributed by atoms with Crippen LogP contribution in [0.15, 0.2) is 231 Å². The molecule has 1 heterocycles. The minimum absolute atomic E-state index is 0.464. The monoisotopic (exact) mass is 726 g/mol. The Hall–Kier alpha value is -7.42. The van der Waals surface area contributed by atoms with Gasteiger partial charge in [0.1, 0.15) is 0 Å². The molecule has 9 aromatic carbocycles. The first kappa shape index (κ1) is 33.0. The summed E-state index contributed by atoms with van der Waals surface area (Å²) in [5, 5.41) is 2.43. The molecule has 0 spiro atoms. The van der Waals surface area contributed by atoms with Gasteiger partial charge in [-0.1, -0.05) is 176 Å². The number of hydrogen-bond donors (Lipinski definition) is 0. The van der Waals surface area contributed by atoms with Crippen LogP contribution in [0.5, 0.6) is 0 Å². The Morgan fingerprint density at radius 1 is 0.368 bits per heavy atom. The maximum Gasteiger partial charge on any atom is 0.0713 e. The van der Waals surface area contributed by atoms with Crippen LogP contribution in [0.3, 0.4) is 0 Å². The van der Waals surface area contributed by atoms with E-state index in [1.165, 1.54) is 66.3 Å². The van der Waals surface area contributed by atoms with Crippen molar-refractivity contribution in [1.82, 2.24) is 4.57 Å². The number of para-hydroxylation sites is 2. The number of nitrogens with zero attached hydrogens (tertiary/aromatic N) is 2. The summed E-state index contributed by atoms with van der Waals surface area (Å²) in [7, 11) is 0. The Morgan fingerprint density at radius 3 is 1.68 bits per heavy atom. The molecule has 0 atom stereocenters. The smallest absolute Gasteiger partial charge is 0.0713 e. The van der Waals surface area contributed by atoms with Gasteiger partial charge in [0, 0.05) is 27.8 Å². The first-order chi connectivity index (χ1) is 28.3. The standard InChI is InChI=1S/C55H38N2/c1-5-19-39(20-6-1)40-21-17-28-44(37-40)56(52-33-18-34-53-54(52)47-30-14-16-32-51(47)57(53)43-26-11-4-12-27-43)45-35-36-50-48(38-45)46-29-13-15-31-49(46)55(50,41-22-7-2-8-23-41)42-24-9-3-10-25-42/h1-38H. The molecule has 0 radical (unpaired) electrons. The Bertz CT molecular complexity index is 3020. The van der Waals surface area contributed by atoms with E-state index in [1.807, 2.05) is 0 Å². The summed E-state index contributed by atoms with van der Waals surface area (Å²) in [5.41, 5.74) is 16.4. The molecule has 1 aliphatic carbocycles. The van der Waals surface area contributed by atoms with Crippen molar-refractivity contribution in [3.63, 3.8) is 0 Å². The number of anilines is 3. The normalized spacial score (nSPS) is 12.7. The molecule has 2 heteroatoms. The van der Waals surface area contributed by atoms with Crippen molar-refractivity contribution < 1.29 is 0 Å². The van der Waals surface area contributed by atoms with Crippen LogP contribution in [0.1, 0.15) is 22.3 Å². The molecule has 0 unspecified atom stereocenters. The Kier molecular flexibility index (Phi) is 7.75. The van der Waals surface area contributed by atoms with Crippen molar-refractivity contribution in [3.05, 3.63) is 253 Å². The predicted octanol–water partition coefficient (Wildman–Crippen LogP) is 14.3. The molecule has 0 N–H and O–H groups in total. The minimum atomic E-state index is -0.464. The number of fused-ring (bicyclic) bond motifs is 6. The first-order valence-corrected chi connectivity index (χ1v) is 19.7. The largest absolute Gasteiger partial charge is 0.310 e. The number of aromatic nitrogens is 1. The van der Waals surface area contributed by atoms with Gasteiger partial charge < -0.3 is 9.47 Å². The number of benzene rings is 9. The lowest BCUT2D eigenvalue weighted by Gasteiger charge is -2.34. The third-order valence-corrected chi connectivity index (χ3v) is 11.8. The van der Waals surface area contributed by atoms with Crippen LogP contribution in [0, 0.1) is 0 Å². The molecule has 0 amide bonds. The van der Waals surface area contributed by atoms with E-state index in [-0.39, 0.29) is 0 Å². The topological polar surface area (TPSA) is 8.17 Å². The van der Waals surface area contributed by atoms with Crippen LogP contribution < -0.4 is 4.90 Å². The molecule has 1 aliphatic rings. The van der Waals surface area contributed by atoms with Crippen molar-refractivity contribution in [2.24, 2.45) is 0 Å². The summed E-state index contributed by atoms with van der Waals surface area (Å²) in [6.07, 6.45) is 0. The van der Waals surface area contributed by atoms with Crippen LogP contribution in [-0.2, 0) is 5.41 Å². The van der Waals surface area contributed by atoms with Gasteiger partial charge in [0.25, 0.3) is 0 Å². The summed E-state index contributed by atoms with van der Waals surface area (Å²) in [4.78, 5) is 2.48. The average molecular weight is 727 g/mol. The molecule has 1 aromatic heterocycles. The zero-order chi connectivity index (χ0) is 37.8. The summed E-state index contributed by atoms with van der Waals surface area (Å²) < 4.78 is 2.40. The summed E-state index contributed by atoms with van der Waals surface area (Å²) in [6.45, 7) is 0. The van der Waals surface area contributed by atoms with E-state index in [4.69, 9.17) is 0 Å². The van der Waals surface area contributed by atoms with Crippen molar-refractivity contribution in [2.75, 3.05) is 4.90 Å². The molecule has 2 nitrogen and oxygen atoms in total. The molecule has 0 bridgehead atoms. The van der Waals surface area contributed by atoms with Crippen molar-refractivity contribution >= 4 is 38.9 Å². The second-order valence-corrected chi connectivity index (χ2v) is 14.9. The lowest BCUT2D eigenvalue weighted by Crippen LogP contribution is -2.28. The van der Waals surface area contributed by atoms with Gasteiger partial charge in [0.15, 0.2) is 0 Å². The molecular weight excluding hydrogens is 689 g/mol. The van der Waals surface area contributed by atoms with Crippen LogP contribution >= 0.6 is 0 Å². The average Bonchev–Trinajstić information content (AvgIpc) is 3.79. The lowest BCUT2D eigenvalue weighted by atomic mass is 9.68. The Morgan fingerprint density at radius 2 is 0.930 bits per heavy atom. The minimum Gasteiger partial charge on any atom is -0.310 e. The zero-order valence-electron chi connectivity index (χ0n) is 31.3. The second-order valence-electron chi connectivity index (χ2n) is 14.9. The van der Waals surface area contributed by atoms with Crippen molar-refractivity contribution in [1.29, 1.82) is 0 Å². The van der Waals surface area contributed by atoms with E-state index >= 15 is 0 Å². The summed E-state index contributed by atoms with van der Waals surface area (Å²) in [5.74, 6) is 0. The molecule has 0 saturated heterocycles. The van der Waals surface area contributed by atoms with Gasteiger partial charge in [-0.25, -0.2) is 0 Å². The van der Waals surface area contributed by atoms with Crippen LogP contribution in [0.2, 0.25) is 0 Å². The highest BCUT2D eigenvalue weighted by Gasteiger charge is 2.46. The van der Waals surface area contributed by atoms with Crippen LogP contribution in [-0.4, -0.2) is 4.57 Å². The van der Waals surface area contributed by atoms with Gasteiger partial charge in [-0.3, -0.25) is 0 Å². The van der Waals surface area contributed by atoms with Gasteiger partial charge in [-0.05, 0) is 99.1 Å². The van der Waals surface area contributed by atoms with E-state index in [2.05, 4.69) is 240 Å².